The number of hydrogen-bond donors (Lipinski definition) is 1. The molecule has 1 saturated carbocycles. The number of carbonyl (C=O) groups is 1. The molecule has 1 aromatic carbocycles. The van der Waals surface area contributed by atoms with E-state index in [0.29, 0.717) is 23.4 Å². The summed E-state index contributed by atoms with van der Waals surface area (Å²) in [4.78, 5) is 16.7. The number of alkyl halides is 2. The van der Waals surface area contributed by atoms with Crippen molar-refractivity contribution in [1.29, 1.82) is 0 Å². The number of nitrogens with zero attached hydrogens (tertiary/aromatic N) is 3. The molecule has 1 N–H and O–H groups in total. The lowest BCUT2D eigenvalue weighted by atomic mass is 10.2. The van der Waals surface area contributed by atoms with Crippen LogP contribution < -0.4 is 5.32 Å². The SMILES string of the molecule is O=C(NCc1nc(-c2cc(C3CC3)on2)no1)c1ccccc1SC(F)F. The monoisotopic (exact) mass is 392 g/mol. The highest BCUT2D eigenvalue weighted by Crippen LogP contribution is 2.40. The molecule has 0 unspecified atom stereocenters. The van der Waals surface area contributed by atoms with Gasteiger partial charge in [-0.3, -0.25) is 4.79 Å². The summed E-state index contributed by atoms with van der Waals surface area (Å²) in [7, 11) is 0. The van der Waals surface area contributed by atoms with E-state index >= 15 is 0 Å². The summed E-state index contributed by atoms with van der Waals surface area (Å²) in [6, 6.07) is 7.94. The summed E-state index contributed by atoms with van der Waals surface area (Å²) in [5, 5.41) is 10.3. The first-order valence-electron chi connectivity index (χ1n) is 8.22. The van der Waals surface area contributed by atoms with Gasteiger partial charge in [0.1, 0.15) is 5.76 Å². The molecule has 2 heterocycles. The highest BCUT2D eigenvalue weighted by atomic mass is 32.2. The van der Waals surface area contributed by atoms with Crippen LogP contribution in [0.1, 0.15) is 40.8 Å². The zero-order valence-electron chi connectivity index (χ0n) is 13.9. The molecule has 0 spiro atoms. The Hall–Kier alpha value is -2.75. The summed E-state index contributed by atoms with van der Waals surface area (Å²) >= 11 is 0.322. The molecule has 7 nitrogen and oxygen atoms in total. The first kappa shape index (κ1) is 17.7. The maximum absolute atomic E-state index is 12.6. The van der Waals surface area contributed by atoms with Crippen molar-refractivity contribution in [2.45, 2.75) is 36.0 Å². The van der Waals surface area contributed by atoms with Crippen LogP contribution >= 0.6 is 11.8 Å². The van der Waals surface area contributed by atoms with Crippen LogP contribution in [0.3, 0.4) is 0 Å². The number of halogens is 2. The molecule has 27 heavy (non-hydrogen) atoms. The van der Waals surface area contributed by atoms with Crippen molar-refractivity contribution in [3.05, 3.63) is 47.5 Å². The lowest BCUT2D eigenvalue weighted by Crippen LogP contribution is -2.23. The van der Waals surface area contributed by atoms with Gasteiger partial charge in [-0.1, -0.05) is 34.2 Å². The van der Waals surface area contributed by atoms with E-state index in [1.165, 1.54) is 12.1 Å². The molecule has 1 amide bonds. The van der Waals surface area contributed by atoms with E-state index in [-0.39, 0.29) is 28.7 Å². The lowest BCUT2D eigenvalue weighted by Gasteiger charge is -2.08. The van der Waals surface area contributed by atoms with Gasteiger partial charge in [-0.05, 0) is 25.0 Å². The summed E-state index contributed by atoms with van der Waals surface area (Å²) < 4.78 is 35.6. The summed E-state index contributed by atoms with van der Waals surface area (Å²) in [5.74, 6) is -1.45. The van der Waals surface area contributed by atoms with Crippen molar-refractivity contribution in [3.8, 4) is 11.5 Å². The quantitative estimate of drug-likeness (QED) is 0.610. The smallest absolute Gasteiger partial charge is 0.288 e. The topological polar surface area (TPSA) is 94.1 Å². The van der Waals surface area contributed by atoms with Crippen LogP contribution in [-0.2, 0) is 6.54 Å². The molecule has 140 valence electrons. The fourth-order valence-electron chi connectivity index (χ4n) is 2.49. The Morgan fingerprint density at radius 1 is 1.26 bits per heavy atom. The maximum Gasteiger partial charge on any atom is 0.288 e. The third kappa shape index (κ3) is 4.16. The molecule has 0 aliphatic heterocycles. The summed E-state index contributed by atoms with van der Waals surface area (Å²) in [5.41, 5.74) is 0.630. The average molecular weight is 392 g/mol. The van der Waals surface area contributed by atoms with Gasteiger partial charge in [0.05, 0.1) is 12.1 Å². The number of benzene rings is 1. The normalized spacial score (nSPS) is 13.9. The lowest BCUT2D eigenvalue weighted by molar-refractivity contribution is 0.0943. The molecule has 0 atom stereocenters. The largest absolute Gasteiger partial charge is 0.360 e. The first-order chi connectivity index (χ1) is 13.1. The minimum absolute atomic E-state index is 0.0349. The molecule has 2 aromatic heterocycles. The number of hydrogen-bond acceptors (Lipinski definition) is 7. The van der Waals surface area contributed by atoms with Gasteiger partial charge in [-0.15, -0.1) is 0 Å². The second-order valence-corrected chi connectivity index (χ2v) is 6.99. The minimum Gasteiger partial charge on any atom is -0.360 e. The zero-order chi connectivity index (χ0) is 18.8. The van der Waals surface area contributed by atoms with E-state index in [9.17, 15) is 13.6 Å². The molecule has 3 aromatic rings. The Balaban J connectivity index is 1.40. The molecule has 1 aliphatic carbocycles. The van der Waals surface area contributed by atoms with E-state index in [4.69, 9.17) is 9.05 Å². The molecular weight excluding hydrogens is 378 g/mol. The van der Waals surface area contributed by atoms with Crippen LogP contribution in [0.5, 0.6) is 0 Å². The second-order valence-electron chi connectivity index (χ2n) is 5.96. The summed E-state index contributed by atoms with van der Waals surface area (Å²) in [6.45, 7) is -0.0349. The predicted molar refractivity (Wildman–Crippen MR) is 91.2 cm³/mol. The Labute approximate surface area is 156 Å². The molecule has 10 heteroatoms. The van der Waals surface area contributed by atoms with Crippen molar-refractivity contribution >= 4 is 17.7 Å². The molecule has 4 rings (SSSR count). The molecular formula is C17H14F2N4O3S. The van der Waals surface area contributed by atoms with Crippen molar-refractivity contribution in [3.63, 3.8) is 0 Å². The number of thioether (sulfide) groups is 1. The molecule has 0 bridgehead atoms. The zero-order valence-corrected chi connectivity index (χ0v) is 14.7. The van der Waals surface area contributed by atoms with E-state index in [2.05, 4.69) is 20.6 Å². The van der Waals surface area contributed by atoms with Crippen LogP contribution in [0, 0.1) is 0 Å². The van der Waals surface area contributed by atoms with Gasteiger partial charge in [0.15, 0.2) is 5.69 Å². The molecule has 0 saturated heterocycles. The number of nitrogens with one attached hydrogen (secondary N) is 1. The van der Waals surface area contributed by atoms with Gasteiger partial charge in [-0.2, -0.15) is 13.8 Å². The number of carbonyl (C=O) groups excluding carboxylic acids is 1. The third-order valence-electron chi connectivity index (χ3n) is 3.95. The van der Waals surface area contributed by atoms with Crippen molar-refractivity contribution < 1.29 is 22.6 Å². The highest BCUT2D eigenvalue weighted by molar-refractivity contribution is 7.99. The van der Waals surface area contributed by atoms with E-state index in [1.54, 1.807) is 18.2 Å². The predicted octanol–water partition coefficient (Wildman–Crippen LogP) is 3.85. The van der Waals surface area contributed by atoms with Crippen molar-refractivity contribution in [1.82, 2.24) is 20.6 Å². The fourth-order valence-corrected chi connectivity index (χ4v) is 3.13. The van der Waals surface area contributed by atoms with Gasteiger partial charge in [0, 0.05) is 16.9 Å². The molecule has 1 aliphatic rings. The Kier molecular flexibility index (Phi) is 4.88. The minimum atomic E-state index is -2.61. The Morgan fingerprint density at radius 3 is 2.85 bits per heavy atom. The number of aromatic nitrogens is 3. The third-order valence-corrected chi connectivity index (χ3v) is 4.74. The van der Waals surface area contributed by atoms with Gasteiger partial charge in [0.25, 0.3) is 11.7 Å². The Morgan fingerprint density at radius 2 is 2.07 bits per heavy atom. The number of rotatable bonds is 7. The van der Waals surface area contributed by atoms with Gasteiger partial charge in [-0.25, -0.2) is 0 Å². The van der Waals surface area contributed by atoms with E-state index in [1.807, 2.05) is 0 Å². The highest BCUT2D eigenvalue weighted by Gasteiger charge is 2.28. The molecule has 0 radical (unpaired) electrons. The van der Waals surface area contributed by atoms with Crippen LogP contribution in [0.25, 0.3) is 11.5 Å². The van der Waals surface area contributed by atoms with Gasteiger partial charge in [0.2, 0.25) is 11.7 Å². The average Bonchev–Trinajstić information content (AvgIpc) is 3.19. The second kappa shape index (κ2) is 7.47. The standard InChI is InChI=1S/C17H14F2N4O3S/c18-17(19)27-13-4-2-1-3-10(13)16(24)20-8-14-21-15(23-26-14)11-7-12(25-22-11)9-5-6-9/h1-4,7,9,17H,5-6,8H2,(H,20,24). The van der Waals surface area contributed by atoms with E-state index < -0.39 is 11.7 Å². The van der Waals surface area contributed by atoms with Crippen LogP contribution in [0.2, 0.25) is 0 Å². The van der Waals surface area contributed by atoms with E-state index in [0.717, 1.165) is 18.6 Å². The number of amides is 1. The van der Waals surface area contributed by atoms with Crippen molar-refractivity contribution in [2.75, 3.05) is 0 Å². The van der Waals surface area contributed by atoms with Crippen LogP contribution in [0.15, 0.2) is 44.3 Å². The van der Waals surface area contributed by atoms with Gasteiger partial charge < -0.3 is 14.4 Å². The van der Waals surface area contributed by atoms with Crippen LogP contribution in [-0.4, -0.2) is 27.0 Å². The van der Waals surface area contributed by atoms with Crippen molar-refractivity contribution in [2.24, 2.45) is 0 Å². The van der Waals surface area contributed by atoms with Crippen LogP contribution in [0.4, 0.5) is 8.78 Å². The molecule has 1 fully saturated rings. The maximum atomic E-state index is 12.6. The van der Waals surface area contributed by atoms with Gasteiger partial charge >= 0.3 is 0 Å². The fraction of sp³-hybridized carbons (Fsp3) is 0.294. The Bertz CT molecular complexity index is 955. The first-order valence-corrected chi connectivity index (χ1v) is 9.09. The summed E-state index contributed by atoms with van der Waals surface area (Å²) in [6.07, 6.45) is 2.17.